The van der Waals surface area contributed by atoms with E-state index in [2.05, 4.69) is 46.0 Å². The molecule has 2 aromatic rings. The zero-order valence-corrected chi connectivity index (χ0v) is 15.8. The summed E-state index contributed by atoms with van der Waals surface area (Å²) in [5, 5.41) is 16.2. The molecule has 0 fully saturated rings. The number of aryl methyl sites for hydroxylation is 3. The second-order valence-corrected chi connectivity index (χ2v) is 7.32. The van der Waals surface area contributed by atoms with Crippen molar-refractivity contribution in [3.05, 3.63) is 28.6 Å². The molecular weight excluding hydrogens is 316 g/mol. The summed E-state index contributed by atoms with van der Waals surface area (Å²) in [5.74, 6) is 2.49. The number of fused-ring (bicyclic) bond motifs is 1. The minimum absolute atomic E-state index is 0.107. The van der Waals surface area contributed by atoms with Crippen molar-refractivity contribution < 1.29 is 4.79 Å². The fraction of sp³-hybridized carbons (Fsp3) is 0.667. The third-order valence-corrected chi connectivity index (χ3v) is 5.12. The molecule has 0 saturated heterocycles. The average Bonchev–Trinajstić information content (AvgIpc) is 3.07. The van der Waals surface area contributed by atoms with Crippen LogP contribution in [0.1, 0.15) is 61.2 Å². The normalized spacial score (nSPS) is 17.0. The number of nitrogens with zero attached hydrogens (tertiary/aromatic N) is 5. The number of amides is 1. The highest BCUT2D eigenvalue weighted by molar-refractivity contribution is 5.76. The van der Waals surface area contributed by atoms with Gasteiger partial charge in [-0.25, -0.2) is 0 Å². The van der Waals surface area contributed by atoms with Gasteiger partial charge in [-0.15, -0.1) is 10.2 Å². The fourth-order valence-electron chi connectivity index (χ4n) is 3.61. The second-order valence-electron chi connectivity index (χ2n) is 7.32. The van der Waals surface area contributed by atoms with Crippen LogP contribution in [0.15, 0.2) is 0 Å². The molecule has 1 aliphatic rings. The van der Waals surface area contributed by atoms with Crippen molar-refractivity contribution in [3.63, 3.8) is 0 Å². The van der Waals surface area contributed by atoms with E-state index in [0.29, 0.717) is 12.3 Å². The van der Waals surface area contributed by atoms with Crippen LogP contribution in [0.3, 0.4) is 0 Å². The average molecular weight is 344 g/mol. The van der Waals surface area contributed by atoms with Gasteiger partial charge in [-0.3, -0.25) is 9.48 Å². The molecule has 1 aliphatic heterocycles. The smallest absolute Gasteiger partial charge is 0.220 e. The minimum Gasteiger partial charge on any atom is -0.352 e. The molecular formula is C18H28N6O. The summed E-state index contributed by atoms with van der Waals surface area (Å²) in [7, 11) is 1.94. The first-order valence-corrected chi connectivity index (χ1v) is 9.07. The summed E-state index contributed by atoms with van der Waals surface area (Å²) in [5.41, 5.74) is 3.34. The minimum atomic E-state index is 0.107. The zero-order valence-electron chi connectivity index (χ0n) is 15.8. The lowest BCUT2D eigenvalue weighted by molar-refractivity contribution is -0.122. The predicted molar refractivity (Wildman–Crippen MR) is 95.4 cm³/mol. The van der Waals surface area contributed by atoms with Crippen molar-refractivity contribution in [2.45, 2.75) is 71.9 Å². The number of carbonyl (C=O) groups is 1. The molecule has 0 saturated carbocycles. The Labute approximate surface area is 148 Å². The van der Waals surface area contributed by atoms with Gasteiger partial charge in [0.05, 0.1) is 5.69 Å². The molecule has 3 heterocycles. The van der Waals surface area contributed by atoms with E-state index in [0.717, 1.165) is 48.8 Å². The van der Waals surface area contributed by atoms with Gasteiger partial charge in [0.2, 0.25) is 5.91 Å². The highest BCUT2D eigenvalue weighted by Gasteiger charge is 2.25. The van der Waals surface area contributed by atoms with E-state index in [4.69, 9.17) is 0 Å². The Bertz CT molecular complexity index is 773. The number of hydrogen-bond donors (Lipinski definition) is 1. The number of nitrogens with one attached hydrogen (secondary N) is 1. The van der Waals surface area contributed by atoms with E-state index in [1.165, 1.54) is 5.56 Å². The number of hydrogen-bond acceptors (Lipinski definition) is 4. The molecule has 1 N–H and O–H groups in total. The molecule has 7 nitrogen and oxygen atoms in total. The van der Waals surface area contributed by atoms with Gasteiger partial charge in [0.1, 0.15) is 11.6 Å². The maximum atomic E-state index is 12.4. The molecule has 0 radical (unpaired) electrons. The van der Waals surface area contributed by atoms with Crippen LogP contribution in [0.2, 0.25) is 0 Å². The van der Waals surface area contributed by atoms with Crippen LogP contribution in [0.5, 0.6) is 0 Å². The van der Waals surface area contributed by atoms with E-state index >= 15 is 0 Å². The monoisotopic (exact) mass is 344 g/mol. The van der Waals surface area contributed by atoms with Gasteiger partial charge < -0.3 is 9.88 Å². The van der Waals surface area contributed by atoms with E-state index in [1.54, 1.807) is 0 Å². The summed E-state index contributed by atoms with van der Waals surface area (Å²) in [4.78, 5) is 12.4. The summed E-state index contributed by atoms with van der Waals surface area (Å²) in [6.07, 6.45) is 3.02. The molecule has 7 heteroatoms. The van der Waals surface area contributed by atoms with E-state index in [1.807, 2.05) is 18.7 Å². The third kappa shape index (κ3) is 3.60. The highest BCUT2D eigenvalue weighted by atomic mass is 16.1. The highest BCUT2D eigenvalue weighted by Crippen LogP contribution is 2.20. The summed E-state index contributed by atoms with van der Waals surface area (Å²) in [6, 6.07) is 0.157. The number of rotatable bonds is 5. The molecule has 136 valence electrons. The Morgan fingerprint density at radius 3 is 2.72 bits per heavy atom. The lowest BCUT2D eigenvalue weighted by Gasteiger charge is -2.26. The molecule has 0 unspecified atom stereocenters. The fourth-order valence-corrected chi connectivity index (χ4v) is 3.61. The van der Waals surface area contributed by atoms with Crippen molar-refractivity contribution in [3.8, 4) is 0 Å². The van der Waals surface area contributed by atoms with Gasteiger partial charge in [-0.2, -0.15) is 5.10 Å². The molecule has 0 aromatic carbocycles. The molecule has 1 atom stereocenters. The van der Waals surface area contributed by atoms with Crippen LogP contribution < -0.4 is 5.32 Å². The molecule has 0 bridgehead atoms. The van der Waals surface area contributed by atoms with Crippen molar-refractivity contribution in [2.75, 3.05) is 0 Å². The van der Waals surface area contributed by atoms with Crippen molar-refractivity contribution in [1.82, 2.24) is 29.9 Å². The van der Waals surface area contributed by atoms with Gasteiger partial charge in [0.25, 0.3) is 0 Å². The van der Waals surface area contributed by atoms with Crippen LogP contribution >= 0.6 is 0 Å². The Hall–Kier alpha value is -2.18. The van der Waals surface area contributed by atoms with Crippen LogP contribution in [-0.2, 0) is 31.2 Å². The maximum absolute atomic E-state index is 12.4. The SMILES string of the molecule is Cc1nn(C)c(C)c1CCC(=O)N[C@@H]1CCc2nnc(C(C)C)n2C1. The lowest BCUT2D eigenvalue weighted by atomic mass is 10.0. The van der Waals surface area contributed by atoms with Crippen LogP contribution in [0.4, 0.5) is 0 Å². The Kier molecular flexibility index (Phi) is 4.92. The molecule has 0 aliphatic carbocycles. The van der Waals surface area contributed by atoms with Gasteiger partial charge >= 0.3 is 0 Å². The van der Waals surface area contributed by atoms with E-state index in [9.17, 15) is 4.79 Å². The topological polar surface area (TPSA) is 77.6 Å². The Morgan fingerprint density at radius 1 is 1.32 bits per heavy atom. The summed E-state index contributed by atoms with van der Waals surface area (Å²) in [6.45, 7) is 9.07. The maximum Gasteiger partial charge on any atom is 0.220 e. The Balaban J connectivity index is 1.58. The third-order valence-electron chi connectivity index (χ3n) is 5.12. The molecule has 2 aromatic heterocycles. The van der Waals surface area contributed by atoms with Crippen molar-refractivity contribution in [2.24, 2.45) is 7.05 Å². The van der Waals surface area contributed by atoms with Gasteiger partial charge in [-0.1, -0.05) is 13.8 Å². The first-order chi connectivity index (χ1) is 11.9. The Morgan fingerprint density at radius 2 is 2.08 bits per heavy atom. The number of aromatic nitrogens is 5. The van der Waals surface area contributed by atoms with Crippen molar-refractivity contribution >= 4 is 5.91 Å². The molecule has 1 amide bonds. The zero-order chi connectivity index (χ0) is 18.1. The first-order valence-electron chi connectivity index (χ1n) is 9.07. The van der Waals surface area contributed by atoms with E-state index < -0.39 is 0 Å². The molecule has 3 rings (SSSR count). The van der Waals surface area contributed by atoms with Gasteiger partial charge in [-0.05, 0) is 32.3 Å². The molecule has 0 spiro atoms. The summed E-state index contributed by atoms with van der Waals surface area (Å²) < 4.78 is 4.05. The largest absolute Gasteiger partial charge is 0.352 e. The standard InChI is InChI=1S/C18H28N6O/c1-11(2)18-21-20-16-8-6-14(10-24(16)18)19-17(25)9-7-15-12(3)22-23(5)13(15)4/h11,14H,6-10H2,1-5H3,(H,19,25)/t14-/m1/s1. The predicted octanol–water partition coefficient (Wildman–Crippen LogP) is 1.82. The van der Waals surface area contributed by atoms with Crippen LogP contribution in [0, 0.1) is 13.8 Å². The quantitative estimate of drug-likeness (QED) is 0.897. The van der Waals surface area contributed by atoms with Gasteiger partial charge in [0, 0.05) is 44.1 Å². The second kappa shape index (κ2) is 6.98. The van der Waals surface area contributed by atoms with Crippen molar-refractivity contribution in [1.29, 1.82) is 0 Å². The van der Waals surface area contributed by atoms with Crippen LogP contribution in [0.25, 0.3) is 0 Å². The number of carbonyl (C=O) groups excluding carboxylic acids is 1. The summed E-state index contributed by atoms with van der Waals surface area (Å²) >= 11 is 0. The van der Waals surface area contributed by atoms with Gasteiger partial charge in [0.15, 0.2) is 0 Å². The van der Waals surface area contributed by atoms with E-state index in [-0.39, 0.29) is 11.9 Å². The first kappa shape index (κ1) is 17.6. The lowest BCUT2D eigenvalue weighted by Crippen LogP contribution is -2.41. The molecule has 25 heavy (non-hydrogen) atoms. The van der Waals surface area contributed by atoms with Crippen LogP contribution in [-0.4, -0.2) is 36.5 Å².